The topological polar surface area (TPSA) is 44.8 Å². The quantitative estimate of drug-likeness (QED) is 0.599. The van der Waals surface area contributed by atoms with E-state index < -0.39 is 0 Å². The van der Waals surface area contributed by atoms with E-state index >= 15 is 0 Å². The highest BCUT2D eigenvalue weighted by atomic mass is 32.2. The zero-order valence-electron chi connectivity index (χ0n) is 12.8. The maximum Gasteiger partial charge on any atom is 0.337 e. The number of ether oxygens (including phenoxy) is 3. The first kappa shape index (κ1) is 16.2. The van der Waals surface area contributed by atoms with Crippen LogP contribution < -0.4 is 9.47 Å². The van der Waals surface area contributed by atoms with E-state index in [1.54, 1.807) is 43.1 Å². The molecule has 0 bridgehead atoms. The number of rotatable bonds is 6. The lowest BCUT2D eigenvalue weighted by Gasteiger charge is -2.10. The first-order valence-electron chi connectivity index (χ1n) is 6.70. The maximum absolute atomic E-state index is 11.4. The van der Waals surface area contributed by atoms with Crippen LogP contribution in [-0.4, -0.2) is 26.4 Å². The van der Waals surface area contributed by atoms with Crippen LogP contribution in [-0.2, 0) is 11.3 Å². The summed E-state index contributed by atoms with van der Waals surface area (Å²) in [4.78, 5) is 12.4. The second-order valence-electron chi connectivity index (χ2n) is 4.49. The van der Waals surface area contributed by atoms with Crippen molar-refractivity contribution in [2.45, 2.75) is 11.5 Å². The molecule has 0 fully saturated rings. The first-order valence-corrected chi connectivity index (χ1v) is 7.92. The summed E-state index contributed by atoms with van der Waals surface area (Å²) >= 11 is 1.64. The number of methoxy groups -OCH3 is 2. The fourth-order valence-corrected chi connectivity index (χ4v) is 2.49. The van der Waals surface area contributed by atoms with Crippen molar-refractivity contribution in [2.75, 3.05) is 20.5 Å². The predicted octanol–water partition coefficient (Wildman–Crippen LogP) is 3.78. The van der Waals surface area contributed by atoms with Crippen molar-refractivity contribution in [3.8, 4) is 11.5 Å². The Kier molecular flexibility index (Phi) is 5.72. The molecule has 0 heterocycles. The molecule has 0 aliphatic carbocycles. The highest BCUT2D eigenvalue weighted by Gasteiger charge is 2.06. The Bertz CT molecular complexity index is 638. The molecule has 0 saturated heterocycles. The summed E-state index contributed by atoms with van der Waals surface area (Å²) in [5, 5.41) is 0. The van der Waals surface area contributed by atoms with E-state index in [0.717, 1.165) is 16.2 Å². The first-order chi connectivity index (χ1) is 10.7. The number of hydrogen-bond donors (Lipinski definition) is 0. The van der Waals surface area contributed by atoms with Gasteiger partial charge in [-0.2, -0.15) is 0 Å². The van der Waals surface area contributed by atoms with Crippen LogP contribution in [0.1, 0.15) is 15.9 Å². The molecule has 0 aliphatic rings. The third-order valence-corrected chi connectivity index (χ3v) is 3.91. The molecule has 0 aromatic heterocycles. The number of benzene rings is 2. The van der Waals surface area contributed by atoms with E-state index in [1.165, 1.54) is 7.11 Å². The van der Waals surface area contributed by atoms with Gasteiger partial charge in [0, 0.05) is 4.90 Å². The van der Waals surface area contributed by atoms with Crippen LogP contribution in [0, 0.1) is 0 Å². The average Bonchev–Trinajstić information content (AvgIpc) is 2.59. The average molecular weight is 318 g/mol. The van der Waals surface area contributed by atoms with Crippen LogP contribution in [0.15, 0.2) is 47.4 Å². The molecule has 2 aromatic carbocycles. The van der Waals surface area contributed by atoms with Crippen molar-refractivity contribution >= 4 is 17.7 Å². The second-order valence-corrected chi connectivity index (χ2v) is 5.34. The van der Waals surface area contributed by atoms with E-state index in [-0.39, 0.29) is 5.97 Å². The fourth-order valence-electron chi connectivity index (χ4n) is 1.94. The molecule has 0 radical (unpaired) electrons. The van der Waals surface area contributed by atoms with E-state index in [2.05, 4.69) is 4.74 Å². The molecule has 0 amide bonds. The van der Waals surface area contributed by atoms with Gasteiger partial charge in [-0.15, -0.1) is 11.8 Å². The molecule has 0 spiro atoms. The molecular weight excluding hydrogens is 300 g/mol. The molecule has 4 nitrogen and oxygen atoms in total. The lowest BCUT2D eigenvalue weighted by Crippen LogP contribution is -2.01. The van der Waals surface area contributed by atoms with Crippen LogP contribution in [0.25, 0.3) is 0 Å². The summed E-state index contributed by atoms with van der Waals surface area (Å²) in [7, 11) is 3.02. The van der Waals surface area contributed by atoms with Gasteiger partial charge in [-0.3, -0.25) is 0 Å². The van der Waals surface area contributed by atoms with E-state index in [4.69, 9.17) is 9.47 Å². The van der Waals surface area contributed by atoms with Crippen LogP contribution in [0.3, 0.4) is 0 Å². The molecule has 0 atom stereocenters. The Balaban J connectivity index is 2.02. The van der Waals surface area contributed by atoms with Crippen molar-refractivity contribution in [1.29, 1.82) is 0 Å². The molecule has 0 saturated carbocycles. The van der Waals surface area contributed by atoms with Gasteiger partial charge in [-0.1, -0.05) is 6.07 Å². The van der Waals surface area contributed by atoms with Crippen LogP contribution >= 0.6 is 11.8 Å². The molecule has 0 N–H and O–H groups in total. The Labute approximate surface area is 134 Å². The predicted molar refractivity (Wildman–Crippen MR) is 86.9 cm³/mol. The van der Waals surface area contributed by atoms with Crippen molar-refractivity contribution in [3.63, 3.8) is 0 Å². The molecule has 2 rings (SSSR count). The Hall–Kier alpha value is -2.14. The van der Waals surface area contributed by atoms with Gasteiger partial charge >= 0.3 is 5.97 Å². The van der Waals surface area contributed by atoms with Crippen LogP contribution in [0.4, 0.5) is 0 Å². The third kappa shape index (κ3) is 3.95. The largest absolute Gasteiger partial charge is 0.496 e. The van der Waals surface area contributed by atoms with E-state index in [1.807, 2.05) is 24.5 Å². The normalized spacial score (nSPS) is 10.1. The van der Waals surface area contributed by atoms with Gasteiger partial charge in [0.15, 0.2) is 0 Å². The van der Waals surface area contributed by atoms with Gasteiger partial charge in [-0.25, -0.2) is 4.79 Å². The Morgan fingerprint density at radius 1 is 1.09 bits per heavy atom. The zero-order valence-corrected chi connectivity index (χ0v) is 13.6. The minimum atomic E-state index is -0.357. The molecule has 5 heteroatoms. The lowest BCUT2D eigenvalue weighted by molar-refractivity contribution is 0.0600. The van der Waals surface area contributed by atoms with Crippen molar-refractivity contribution in [1.82, 2.24) is 0 Å². The molecule has 2 aromatic rings. The van der Waals surface area contributed by atoms with Crippen molar-refractivity contribution in [3.05, 3.63) is 53.6 Å². The van der Waals surface area contributed by atoms with Gasteiger partial charge in [0.1, 0.15) is 18.1 Å². The lowest BCUT2D eigenvalue weighted by atomic mass is 10.2. The van der Waals surface area contributed by atoms with E-state index in [9.17, 15) is 4.79 Å². The summed E-state index contributed by atoms with van der Waals surface area (Å²) in [6.45, 7) is 0.433. The van der Waals surface area contributed by atoms with Crippen molar-refractivity contribution in [2.24, 2.45) is 0 Å². The van der Waals surface area contributed by atoms with Gasteiger partial charge < -0.3 is 14.2 Å². The third-order valence-electron chi connectivity index (χ3n) is 3.13. The summed E-state index contributed by atoms with van der Waals surface area (Å²) in [6, 6.07) is 12.9. The maximum atomic E-state index is 11.4. The molecule has 116 valence electrons. The van der Waals surface area contributed by atoms with Gasteiger partial charge in [0.05, 0.1) is 19.8 Å². The van der Waals surface area contributed by atoms with Crippen LogP contribution in [0.2, 0.25) is 0 Å². The molecule has 0 aliphatic heterocycles. The summed E-state index contributed by atoms with van der Waals surface area (Å²) in [5.41, 5.74) is 1.52. The van der Waals surface area contributed by atoms with Crippen LogP contribution in [0.5, 0.6) is 11.5 Å². The number of hydrogen-bond acceptors (Lipinski definition) is 5. The minimum Gasteiger partial charge on any atom is -0.496 e. The summed E-state index contributed by atoms with van der Waals surface area (Å²) in [5.74, 6) is 1.18. The van der Waals surface area contributed by atoms with Gasteiger partial charge in [0.25, 0.3) is 0 Å². The number of esters is 1. The molecular formula is C17H18O4S. The Morgan fingerprint density at radius 2 is 1.82 bits per heavy atom. The number of carbonyl (C=O) groups excluding carboxylic acids is 1. The van der Waals surface area contributed by atoms with E-state index in [0.29, 0.717) is 17.9 Å². The SMILES string of the molecule is COC(=O)c1ccc(OCc2ccc(SC)c(OC)c2)cc1. The molecule has 0 unspecified atom stereocenters. The molecule has 22 heavy (non-hydrogen) atoms. The standard InChI is InChI=1S/C17H18O4S/c1-19-15-10-12(4-9-16(15)22-3)11-21-14-7-5-13(6-8-14)17(18)20-2/h4-10H,11H2,1-3H3. The summed E-state index contributed by atoms with van der Waals surface area (Å²) < 4.78 is 15.7. The van der Waals surface area contributed by atoms with Crippen molar-refractivity contribution < 1.29 is 19.0 Å². The number of thioether (sulfide) groups is 1. The summed E-state index contributed by atoms with van der Waals surface area (Å²) in [6.07, 6.45) is 2.01. The van der Waals surface area contributed by atoms with Gasteiger partial charge in [-0.05, 0) is 48.2 Å². The second kappa shape index (κ2) is 7.75. The minimum absolute atomic E-state index is 0.357. The zero-order chi connectivity index (χ0) is 15.9. The number of carbonyl (C=O) groups is 1. The smallest absolute Gasteiger partial charge is 0.337 e. The highest BCUT2D eigenvalue weighted by Crippen LogP contribution is 2.28. The Morgan fingerprint density at radius 3 is 2.41 bits per heavy atom. The van der Waals surface area contributed by atoms with Gasteiger partial charge in [0.2, 0.25) is 0 Å². The monoisotopic (exact) mass is 318 g/mol. The highest BCUT2D eigenvalue weighted by molar-refractivity contribution is 7.98. The fraction of sp³-hybridized carbons (Fsp3) is 0.235.